The number of amides is 1. The minimum Gasteiger partial charge on any atom is -0.409 e. The van der Waals surface area contributed by atoms with Gasteiger partial charge in [-0.15, -0.1) is 0 Å². The third kappa shape index (κ3) is 4.99. The van der Waals surface area contributed by atoms with Crippen LogP contribution in [-0.4, -0.2) is 23.5 Å². The van der Waals surface area contributed by atoms with Crippen molar-refractivity contribution in [3.8, 4) is 0 Å². The number of oxime groups is 1. The van der Waals surface area contributed by atoms with Gasteiger partial charge in [0, 0.05) is 17.7 Å². The summed E-state index contributed by atoms with van der Waals surface area (Å²) in [6.45, 7) is 4.97. The summed E-state index contributed by atoms with van der Waals surface area (Å²) in [5, 5.41) is 14.4. The first-order valence-electron chi connectivity index (χ1n) is 6.40. The van der Waals surface area contributed by atoms with Crippen LogP contribution >= 0.6 is 0 Å². The normalized spacial score (nSPS) is 11.6. The van der Waals surface area contributed by atoms with Crippen molar-refractivity contribution in [3.05, 3.63) is 35.4 Å². The molecule has 0 aromatic heterocycles. The van der Waals surface area contributed by atoms with Crippen molar-refractivity contribution in [1.82, 2.24) is 5.32 Å². The highest BCUT2D eigenvalue weighted by Gasteiger charge is 2.07. The second-order valence-electron chi connectivity index (χ2n) is 4.86. The van der Waals surface area contributed by atoms with Crippen molar-refractivity contribution < 1.29 is 10.0 Å². The number of carbonyl (C=O) groups is 1. The van der Waals surface area contributed by atoms with Crippen molar-refractivity contribution in [2.24, 2.45) is 16.8 Å². The lowest BCUT2D eigenvalue weighted by atomic mass is 10.1. The van der Waals surface area contributed by atoms with Gasteiger partial charge in [0.05, 0.1) is 0 Å². The summed E-state index contributed by atoms with van der Waals surface area (Å²) < 4.78 is 0. The molecule has 0 bridgehead atoms. The molecule has 5 nitrogen and oxygen atoms in total. The maximum Gasteiger partial charge on any atom is 0.251 e. The van der Waals surface area contributed by atoms with E-state index in [1.807, 2.05) is 0 Å². The predicted molar refractivity (Wildman–Crippen MR) is 75.4 cm³/mol. The summed E-state index contributed by atoms with van der Waals surface area (Å²) in [5.41, 5.74) is 6.52. The van der Waals surface area contributed by atoms with E-state index in [1.165, 1.54) is 0 Å². The van der Waals surface area contributed by atoms with Gasteiger partial charge in [-0.1, -0.05) is 31.1 Å². The molecule has 1 amide bonds. The van der Waals surface area contributed by atoms with Gasteiger partial charge in [0.25, 0.3) is 5.91 Å². The van der Waals surface area contributed by atoms with Crippen molar-refractivity contribution in [1.29, 1.82) is 0 Å². The third-order valence-electron chi connectivity index (χ3n) is 2.77. The molecule has 1 rings (SSSR count). The highest BCUT2D eigenvalue weighted by atomic mass is 16.4. The molecule has 4 N–H and O–H groups in total. The van der Waals surface area contributed by atoms with E-state index in [0.717, 1.165) is 12.8 Å². The molecule has 104 valence electrons. The minimum absolute atomic E-state index is 0.00513. The van der Waals surface area contributed by atoms with Crippen LogP contribution in [0.2, 0.25) is 0 Å². The van der Waals surface area contributed by atoms with Crippen LogP contribution in [0.15, 0.2) is 29.4 Å². The molecule has 1 aromatic rings. The first kappa shape index (κ1) is 15.0. The number of benzene rings is 1. The Morgan fingerprint density at radius 3 is 2.74 bits per heavy atom. The van der Waals surface area contributed by atoms with E-state index in [9.17, 15) is 4.79 Å². The van der Waals surface area contributed by atoms with Gasteiger partial charge in [0.1, 0.15) is 0 Å². The third-order valence-corrected chi connectivity index (χ3v) is 2.77. The molecule has 0 atom stereocenters. The number of nitrogens with two attached hydrogens (primary N) is 1. The van der Waals surface area contributed by atoms with Crippen molar-refractivity contribution in [2.75, 3.05) is 6.54 Å². The number of nitrogens with zero attached hydrogens (tertiary/aromatic N) is 1. The average Bonchev–Trinajstić information content (AvgIpc) is 2.42. The number of rotatable bonds is 6. The van der Waals surface area contributed by atoms with Gasteiger partial charge >= 0.3 is 0 Å². The van der Waals surface area contributed by atoms with Crippen molar-refractivity contribution in [3.63, 3.8) is 0 Å². The molecule has 5 heteroatoms. The molecular weight excluding hydrogens is 242 g/mol. The topological polar surface area (TPSA) is 87.7 Å². The molecule has 0 radical (unpaired) electrons. The highest BCUT2D eigenvalue weighted by molar-refractivity contribution is 6.01. The fraction of sp³-hybridized carbons (Fsp3) is 0.429. The van der Waals surface area contributed by atoms with Crippen LogP contribution < -0.4 is 11.1 Å². The lowest BCUT2D eigenvalue weighted by Gasteiger charge is -2.07. The second kappa shape index (κ2) is 7.41. The smallest absolute Gasteiger partial charge is 0.251 e. The molecule has 0 spiro atoms. The number of amidine groups is 1. The summed E-state index contributed by atoms with van der Waals surface area (Å²) in [7, 11) is 0. The maximum atomic E-state index is 11.9. The Hall–Kier alpha value is -2.04. The van der Waals surface area contributed by atoms with Gasteiger partial charge in [0.2, 0.25) is 0 Å². The Labute approximate surface area is 113 Å². The lowest BCUT2D eigenvalue weighted by Crippen LogP contribution is -2.25. The molecule has 0 aliphatic heterocycles. The molecule has 0 aliphatic carbocycles. The fourth-order valence-electron chi connectivity index (χ4n) is 1.69. The van der Waals surface area contributed by atoms with Crippen LogP contribution in [0, 0.1) is 5.92 Å². The Kier molecular flexibility index (Phi) is 5.85. The van der Waals surface area contributed by atoms with Gasteiger partial charge in [-0.2, -0.15) is 0 Å². The number of nitrogens with one attached hydrogen (secondary N) is 1. The number of hydrogen-bond acceptors (Lipinski definition) is 3. The Balaban J connectivity index is 2.57. The first-order chi connectivity index (χ1) is 9.04. The standard InChI is InChI=1S/C14H21N3O2/c1-10(2)5-4-8-16-14(18)12-7-3-6-11(9-12)13(15)17-19/h3,6-7,9-10,19H,4-5,8H2,1-2H3,(H2,15,17)(H,16,18). The summed E-state index contributed by atoms with van der Waals surface area (Å²) in [6, 6.07) is 6.69. The van der Waals surface area contributed by atoms with Crippen LogP contribution in [0.25, 0.3) is 0 Å². The molecule has 19 heavy (non-hydrogen) atoms. The maximum absolute atomic E-state index is 11.9. The second-order valence-corrected chi connectivity index (χ2v) is 4.86. The van der Waals surface area contributed by atoms with Crippen LogP contribution in [0.4, 0.5) is 0 Å². The minimum atomic E-state index is -0.142. The monoisotopic (exact) mass is 263 g/mol. The first-order valence-corrected chi connectivity index (χ1v) is 6.40. The molecule has 0 fully saturated rings. The molecule has 0 unspecified atom stereocenters. The number of hydrogen-bond donors (Lipinski definition) is 3. The Morgan fingerprint density at radius 2 is 2.11 bits per heavy atom. The molecule has 0 heterocycles. The zero-order chi connectivity index (χ0) is 14.3. The fourth-order valence-corrected chi connectivity index (χ4v) is 1.69. The van der Waals surface area contributed by atoms with E-state index in [1.54, 1.807) is 24.3 Å². The van der Waals surface area contributed by atoms with E-state index < -0.39 is 0 Å². The summed E-state index contributed by atoms with van der Waals surface area (Å²) >= 11 is 0. The Bertz CT molecular complexity index is 456. The zero-order valence-electron chi connectivity index (χ0n) is 11.4. The van der Waals surface area contributed by atoms with E-state index in [2.05, 4.69) is 24.3 Å². The van der Waals surface area contributed by atoms with Crippen molar-refractivity contribution in [2.45, 2.75) is 26.7 Å². The molecule has 1 aromatic carbocycles. The SMILES string of the molecule is CC(C)CCCNC(=O)c1cccc(C(N)=NO)c1. The van der Waals surface area contributed by atoms with Gasteiger partial charge in [-0.3, -0.25) is 4.79 Å². The van der Waals surface area contributed by atoms with Crippen LogP contribution in [-0.2, 0) is 0 Å². The summed E-state index contributed by atoms with van der Waals surface area (Å²) in [5.74, 6) is 0.492. The predicted octanol–water partition coefficient (Wildman–Crippen LogP) is 1.95. The van der Waals surface area contributed by atoms with Crippen molar-refractivity contribution >= 4 is 11.7 Å². The molecule has 0 saturated carbocycles. The molecule has 0 saturated heterocycles. The van der Waals surface area contributed by atoms with Crippen LogP contribution in [0.3, 0.4) is 0 Å². The van der Waals surface area contributed by atoms with Gasteiger partial charge in [-0.25, -0.2) is 0 Å². The van der Waals surface area contributed by atoms with E-state index >= 15 is 0 Å². The van der Waals surface area contributed by atoms with Gasteiger partial charge in [-0.05, 0) is 30.9 Å². The average molecular weight is 263 g/mol. The van der Waals surface area contributed by atoms with Gasteiger partial charge < -0.3 is 16.3 Å². The Morgan fingerprint density at radius 1 is 1.42 bits per heavy atom. The van der Waals surface area contributed by atoms with E-state index in [4.69, 9.17) is 10.9 Å². The van der Waals surface area contributed by atoms with E-state index in [-0.39, 0.29) is 11.7 Å². The largest absolute Gasteiger partial charge is 0.409 e. The summed E-state index contributed by atoms with van der Waals surface area (Å²) in [6.07, 6.45) is 2.05. The van der Waals surface area contributed by atoms with Gasteiger partial charge in [0.15, 0.2) is 5.84 Å². The zero-order valence-corrected chi connectivity index (χ0v) is 11.4. The highest BCUT2D eigenvalue weighted by Crippen LogP contribution is 2.06. The molecular formula is C14H21N3O2. The van der Waals surface area contributed by atoms with Crippen LogP contribution in [0.1, 0.15) is 42.6 Å². The quantitative estimate of drug-likeness (QED) is 0.241. The van der Waals surface area contributed by atoms with Crippen LogP contribution in [0.5, 0.6) is 0 Å². The summed E-state index contributed by atoms with van der Waals surface area (Å²) in [4.78, 5) is 11.9. The molecule has 0 aliphatic rings. The number of carbonyl (C=O) groups excluding carboxylic acids is 1. The van der Waals surface area contributed by atoms with E-state index in [0.29, 0.717) is 23.6 Å². The lowest BCUT2D eigenvalue weighted by molar-refractivity contribution is 0.0952.